The number of hydrogen-bond donors (Lipinski definition) is 4. The Morgan fingerprint density at radius 1 is 1.45 bits per heavy atom. The van der Waals surface area contributed by atoms with Gasteiger partial charge in [-0.2, -0.15) is 0 Å². The molecule has 20 heavy (non-hydrogen) atoms. The highest BCUT2D eigenvalue weighted by Crippen LogP contribution is 2.20. The molecule has 0 aromatic heterocycles. The van der Waals surface area contributed by atoms with Gasteiger partial charge in [0.05, 0.1) is 6.04 Å². The summed E-state index contributed by atoms with van der Waals surface area (Å²) in [6, 6.07) is -2.05. The van der Waals surface area contributed by atoms with Crippen LogP contribution in [0.25, 0.3) is 0 Å². The summed E-state index contributed by atoms with van der Waals surface area (Å²) >= 11 is 0. The van der Waals surface area contributed by atoms with Crippen molar-refractivity contribution in [1.82, 2.24) is 4.90 Å². The van der Waals surface area contributed by atoms with E-state index in [1.807, 2.05) is 0 Å². The van der Waals surface area contributed by atoms with E-state index in [0.717, 1.165) is 4.90 Å². The first-order valence-electron chi connectivity index (χ1n) is 6.24. The first kappa shape index (κ1) is 15.9. The summed E-state index contributed by atoms with van der Waals surface area (Å²) in [6.45, 7) is 0.319. The number of nitrogens with zero attached hydrogens (tertiary/aromatic N) is 2. The fourth-order valence-electron chi connectivity index (χ4n) is 2.02. The number of carbonyl (C=O) groups is 3. The van der Waals surface area contributed by atoms with Crippen molar-refractivity contribution in [1.29, 1.82) is 0 Å². The van der Waals surface area contributed by atoms with Gasteiger partial charge in [-0.1, -0.05) is 0 Å². The number of hydrogen-bond acceptors (Lipinski definition) is 5. The second kappa shape index (κ2) is 6.85. The van der Waals surface area contributed by atoms with Gasteiger partial charge in [-0.15, -0.1) is 0 Å². The van der Waals surface area contributed by atoms with Gasteiger partial charge in [0.15, 0.2) is 5.96 Å². The Labute approximate surface area is 115 Å². The standard InChI is InChI=1S/C11H19N5O4/c12-6(2-1-5-15-11(13)14)9(18)16-7(10(19)20)3-4-8(16)17/h6-7H,1-5,12H2,(H,19,20)(H4,13,14,15)/t6-,7-/m0/s1. The fraction of sp³-hybridized carbons (Fsp3) is 0.636. The Bertz CT molecular complexity index is 433. The topological polar surface area (TPSA) is 165 Å². The van der Waals surface area contributed by atoms with Crippen molar-refractivity contribution in [3.8, 4) is 0 Å². The summed E-state index contributed by atoms with van der Waals surface area (Å²) in [5, 5.41) is 8.97. The number of nitrogens with two attached hydrogens (primary N) is 3. The lowest BCUT2D eigenvalue weighted by Gasteiger charge is -2.22. The van der Waals surface area contributed by atoms with E-state index in [9.17, 15) is 14.4 Å². The van der Waals surface area contributed by atoms with Crippen LogP contribution in [0.3, 0.4) is 0 Å². The number of carboxylic acid groups (broad SMARTS) is 1. The Morgan fingerprint density at radius 2 is 2.10 bits per heavy atom. The largest absolute Gasteiger partial charge is 0.480 e. The van der Waals surface area contributed by atoms with Crippen molar-refractivity contribution in [3.63, 3.8) is 0 Å². The van der Waals surface area contributed by atoms with Crippen LogP contribution < -0.4 is 17.2 Å². The number of aliphatic imine (C=N–C) groups is 1. The first-order chi connectivity index (χ1) is 9.34. The minimum atomic E-state index is -1.20. The number of rotatable bonds is 6. The molecule has 2 amide bonds. The van der Waals surface area contributed by atoms with Crippen LogP contribution in [0, 0.1) is 0 Å². The minimum absolute atomic E-state index is 0.0451. The number of imide groups is 1. The third-order valence-electron chi connectivity index (χ3n) is 3.02. The highest BCUT2D eigenvalue weighted by atomic mass is 16.4. The molecule has 0 spiro atoms. The molecule has 9 heteroatoms. The van der Waals surface area contributed by atoms with Crippen molar-refractivity contribution in [2.75, 3.05) is 6.54 Å². The normalized spacial score (nSPS) is 19.8. The summed E-state index contributed by atoms with van der Waals surface area (Å²) in [5.74, 6) is -2.41. The van der Waals surface area contributed by atoms with Gasteiger partial charge in [0.25, 0.3) is 0 Å². The predicted molar refractivity (Wildman–Crippen MR) is 70.4 cm³/mol. The van der Waals surface area contributed by atoms with Crippen LogP contribution in [0.15, 0.2) is 4.99 Å². The monoisotopic (exact) mass is 285 g/mol. The molecule has 7 N–H and O–H groups in total. The number of amides is 2. The van der Waals surface area contributed by atoms with Gasteiger partial charge in [-0.05, 0) is 19.3 Å². The molecule has 0 aromatic rings. The Balaban J connectivity index is 2.57. The molecule has 1 aliphatic heterocycles. The summed E-state index contributed by atoms with van der Waals surface area (Å²) in [4.78, 5) is 39.1. The van der Waals surface area contributed by atoms with E-state index in [4.69, 9.17) is 22.3 Å². The molecule has 0 bridgehead atoms. The minimum Gasteiger partial charge on any atom is -0.480 e. The van der Waals surface area contributed by atoms with E-state index in [2.05, 4.69) is 4.99 Å². The molecule has 0 aliphatic carbocycles. The van der Waals surface area contributed by atoms with Crippen LogP contribution in [-0.2, 0) is 14.4 Å². The molecule has 2 atom stereocenters. The number of carboxylic acids is 1. The lowest BCUT2D eigenvalue weighted by Crippen LogP contribution is -2.50. The highest BCUT2D eigenvalue weighted by molar-refractivity contribution is 6.03. The zero-order valence-corrected chi connectivity index (χ0v) is 11.0. The van der Waals surface area contributed by atoms with Gasteiger partial charge in [-0.3, -0.25) is 19.5 Å². The van der Waals surface area contributed by atoms with Gasteiger partial charge in [0.2, 0.25) is 11.8 Å². The van der Waals surface area contributed by atoms with Crippen LogP contribution in [-0.4, -0.2) is 52.4 Å². The van der Waals surface area contributed by atoms with Crippen molar-refractivity contribution < 1.29 is 19.5 Å². The predicted octanol–water partition coefficient (Wildman–Crippen LogP) is -2.03. The number of guanidine groups is 1. The van der Waals surface area contributed by atoms with Crippen LogP contribution in [0.4, 0.5) is 0 Å². The molecule has 1 heterocycles. The molecule has 1 aliphatic rings. The molecule has 0 unspecified atom stereocenters. The van der Waals surface area contributed by atoms with Crippen LogP contribution in [0.5, 0.6) is 0 Å². The van der Waals surface area contributed by atoms with Gasteiger partial charge in [-0.25, -0.2) is 4.79 Å². The van der Waals surface area contributed by atoms with Gasteiger partial charge in [0.1, 0.15) is 6.04 Å². The molecule has 112 valence electrons. The zero-order chi connectivity index (χ0) is 15.3. The lowest BCUT2D eigenvalue weighted by atomic mass is 10.1. The molecule has 1 rings (SSSR count). The average molecular weight is 285 g/mol. The van der Waals surface area contributed by atoms with E-state index < -0.39 is 29.9 Å². The highest BCUT2D eigenvalue weighted by Gasteiger charge is 2.41. The SMILES string of the molecule is NC(N)=NCCC[C@H](N)C(=O)N1C(=O)CC[C@H]1C(=O)O. The van der Waals surface area contributed by atoms with Crippen molar-refractivity contribution in [2.24, 2.45) is 22.2 Å². The third-order valence-corrected chi connectivity index (χ3v) is 3.02. The number of likely N-dealkylation sites (tertiary alicyclic amines) is 1. The van der Waals surface area contributed by atoms with Gasteiger partial charge >= 0.3 is 5.97 Å². The molecule has 9 nitrogen and oxygen atoms in total. The maximum Gasteiger partial charge on any atom is 0.326 e. The lowest BCUT2D eigenvalue weighted by molar-refractivity contribution is -0.154. The number of aliphatic carboxylic acids is 1. The summed E-state index contributed by atoms with van der Waals surface area (Å²) in [6.07, 6.45) is 0.903. The molecular weight excluding hydrogens is 266 g/mol. The maximum atomic E-state index is 12.0. The Kier molecular flexibility index (Phi) is 5.44. The third kappa shape index (κ3) is 3.92. The molecule has 1 saturated heterocycles. The van der Waals surface area contributed by atoms with Gasteiger partial charge < -0.3 is 22.3 Å². The second-order valence-electron chi connectivity index (χ2n) is 4.55. The average Bonchev–Trinajstić information content (AvgIpc) is 2.75. The zero-order valence-electron chi connectivity index (χ0n) is 11.0. The molecule has 1 fully saturated rings. The summed E-state index contributed by atoms with van der Waals surface area (Å²) in [7, 11) is 0. The van der Waals surface area contributed by atoms with E-state index in [-0.39, 0.29) is 25.2 Å². The van der Waals surface area contributed by atoms with Crippen molar-refractivity contribution in [3.05, 3.63) is 0 Å². The van der Waals surface area contributed by atoms with Crippen molar-refractivity contribution in [2.45, 2.75) is 37.8 Å². The summed E-state index contributed by atoms with van der Waals surface area (Å²) in [5.41, 5.74) is 16.0. The second-order valence-corrected chi connectivity index (χ2v) is 4.55. The van der Waals surface area contributed by atoms with E-state index in [1.54, 1.807) is 0 Å². The fourth-order valence-corrected chi connectivity index (χ4v) is 2.02. The van der Waals surface area contributed by atoms with Gasteiger partial charge in [0, 0.05) is 13.0 Å². The first-order valence-corrected chi connectivity index (χ1v) is 6.24. The van der Waals surface area contributed by atoms with Crippen molar-refractivity contribution >= 4 is 23.7 Å². The maximum absolute atomic E-state index is 12.0. The van der Waals surface area contributed by atoms with E-state index in [0.29, 0.717) is 13.0 Å². The molecule has 0 radical (unpaired) electrons. The van der Waals surface area contributed by atoms with E-state index >= 15 is 0 Å². The van der Waals surface area contributed by atoms with Crippen LogP contribution in [0.1, 0.15) is 25.7 Å². The quantitative estimate of drug-likeness (QED) is 0.248. The molecular formula is C11H19N5O4. The Hall–Kier alpha value is -2.16. The molecule has 0 saturated carbocycles. The van der Waals surface area contributed by atoms with Crippen LogP contribution in [0.2, 0.25) is 0 Å². The smallest absolute Gasteiger partial charge is 0.326 e. The Morgan fingerprint density at radius 3 is 2.65 bits per heavy atom. The number of carbonyl (C=O) groups excluding carboxylic acids is 2. The summed E-state index contributed by atoms with van der Waals surface area (Å²) < 4.78 is 0. The van der Waals surface area contributed by atoms with E-state index in [1.165, 1.54) is 0 Å². The van der Waals surface area contributed by atoms with Crippen LogP contribution >= 0.6 is 0 Å². The molecule has 0 aromatic carbocycles.